The van der Waals surface area contributed by atoms with Gasteiger partial charge in [0, 0.05) is 12.5 Å². The number of cyclic esters (lactones) is 1. The first kappa shape index (κ1) is 22.7. The molecule has 11 nitrogen and oxygen atoms in total. The van der Waals surface area contributed by atoms with Gasteiger partial charge in [0.1, 0.15) is 11.9 Å². The molecular weight excluding hydrogens is 445 g/mol. The average molecular weight is 467 g/mol. The molecule has 1 saturated heterocycles. The standard InChI is InChI=1S/C22H22FN7O4/c1-12(31)26-9-16-11-29(22(33)34-16)15-6-7-17(18(23)8-15)14-4-2-13(3-5-14)10-30-20(24)19(21(25)32)27-28-30/h2-8,16H,9-11,24H2,1H3,(H2,25,32)(H,26,31)/t16-/m0/s1. The molecule has 0 saturated carbocycles. The second-order valence-electron chi connectivity index (χ2n) is 7.76. The smallest absolute Gasteiger partial charge is 0.414 e. The Bertz CT molecular complexity index is 1260. The molecule has 1 aromatic heterocycles. The number of nitrogens with zero attached hydrogens (tertiary/aromatic N) is 4. The first-order valence-corrected chi connectivity index (χ1v) is 10.3. The van der Waals surface area contributed by atoms with E-state index < -0.39 is 23.9 Å². The third kappa shape index (κ3) is 4.65. The summed E-state index contributed by atoms with van der Waals surface area (Å²) in [6.07, 6.45) is -1.11. The fourth-order valence-corrected chi connectivity index (χ4v) is 3.58. The SMILES string of the molecule is CC(=O)NC[C@H]1CN(c2ccc(-c3ccc(Cn4nnc(C(N)=O)c4N)cc3)c(F)c2)C(=O)O1. The van der Waals surface area contributed by atoms with Crippen LogP contribution in [0, 0.1) is 5.82 Å². The minimum atomic E-state index is -0.761. The van der Waals surface area contributed by atoms with Gasteiger partial charge in [0.2, 0.25) is 5.91 Å². The predicted octanol–water partition coefficient (Wildman–Crippen LogP) is 1.27. The molecule has 3 aromatic rings. The van der Waals surface area contributed by atoms with Crippen LogP contribution in [-0.2, 0) is 16.1 Å². The molecule has 1 aliphatic heterocycles. The van der Waals surface area contributed by atoms with Crippen LogP contribution in [0.3, 0.4) is 0 Å². The molecule has 1 fully saturated rings. The number of amides is 3. The lowest BCUT2D eigenvalue weighted by molar-refractivity contribution is -0.119. The molecule has 1 aliphatic rings. The zero-order valence-electron chi connectivity index (χ0n) is 18.2. The number of anilines is 2. The maximum Gasteiger partial charge on any atom is 0.414 e. The quantitative estimate of drug-likeness (QED) is 0.472. The molecule has 0 spiro atoms. The molecule has 12 heteroatoms. The molecule has 2 heterocycles. The van der Waals surface area contributed by atoms with Gasteiger partial charge in [-0.1, -0.05) is 29.5 Å². The number of carbonyl (C=O) groups excluding carboxylic acids is 3. The molecule has 1 atom stereocenters. The number of aromatic nitrogens is 3. The Morgan fingerprint density at radius 1 is 1.24 bits per heavy atom. The fourth-order valence-electron chi connectivity index (χ4n) is 3.58. The highest BCUT2D eigenvalue weighted by atomic mass is 19.1. The van der Waals surface area contributed by atoms with E-state index in [9.17, 15) is 18.8 Å². The average Bonchev–Trinajstić information content (AvgIpc) is 3.35. The number of nitrogen functional groups attached to an aromatic ring is 1. The van der Waals surface area contributed by atoms with Crippen molar-refractivity contribution in [1.29, 1.82) is 0 Å². The van der Waals surface area contributed by atoms with Crippen molar-refractivity contribution < 1.29 is 23.5 Å². The van der Waals surface area contributed by atoms with E-state index in [2.05, 4.69) is 15.6 Å². The van der Waals surface area contributed by atoms with Crippen LogP contribution in [0.1, 0.15) is 23.0 Å². The Morgan fingerprint density at radius 2 is 1.97 bits per heavy atom. The van der Waals surface area contributed by atoms with Crippen molar-refractivity contribution in [1.82, 2.24) is 20.3 Å². The Labute approximate surface area is 193 Å². The highest BCUT2D eigenvalue weighted by molar-refractivity contribution is 5.95. The van der Waals surface area contributed by atoms with Gasteiger partial charge in [-0.3, -0.25) is 14.5 Å². The molecular formula is C22H22FN7O4. The molecule has 0 unspecified atom stereocenters. The summed E-state index contributed by atoms with van der Waals surface area (Å²) >= 11 is 0. The first-order valence-electron chi connectivity index (χ1n) is 10.3. The van der Waals surface area contributed by atoms with Crippen LogP contribution in [-0.4, -0.2) is 52.1 Å². The van der Waals surface area contributed by atoms with Crippen LogP contribution >= 0.6 is 0 Å². The van der Waals surface area contributed by atoms with Crippen molar-refractivity contribution >= 4 is 29.4 Å². The number of hydrogen-bond donors (Lipinski definition) is 3. The monoisotopic (exact) mass is 467 g/mol. The van der Waals surface area contributed by atoms with E-state index in [1.165, 1.54) is 22.6 Å². The third-order valence-corrected chi connectivity index (χ3v) is 5.32. The van der Waals surface area contributed by atoms with Gasteiger partial charge in [-0.15, -0.1) is 5.10 Å². The van der Waals surface area contributed by atoms with Gasteiger partial charge in [0.05, 0.1) is 25.3 Å². The zero-order valence-corrected chi connectivity index (χ0v) is 18.2. The second kappa shape index (κ2) is 9.17. The number of carbonyl (C=O) groups is 3. The molecule has 0 radical (unpaired) electrons. The van der Waals surface area contributed by atoms with Crippen molar-refractivity contribution in [2.75, 3.05) is 23.7 Å². The summed E-state index contributed by atoms with van der Waals surface area (Å²) in [5.74, 6) is -1.42. The van der Waals surface area contributed by atoms with Gasteiger partial charge in [0.25, 0.3) is 5.91 Å². The second-order valence-corrected chi connectivity index (χ2v) is 7.76. The maximum atomic E-state index is 14.9. The Hall–Kier alpha value is -4.48. The van der Waals surface area contributed by atoms with Crippen molar-refractivity contribution in [3.8, 4) is 11.1 Å². The molecule has 34 heavy (non-hydrogen) atoms. The Balaban J connectivity index is 1.46. The number of nitrogens with two attached hydrogens (primary N) is 2. The molecule has 0 aliphatic carbocycles. The number of benzene rings is 2. The van der Waals surface area contributed by atoms with Crippen molar-refractivity contribution in [2.24, 2.45) is 5.73 Å². The van der Waals surface area contributed by atoms with E-state index in [-0.39, 0.29) is 37.1 Å². The molecule has 3 amide bonds. The highest BCUT2D eigenvalue weighted by Crippen LogP contribution is 2.29. The lowest BCUT2D eigenvalue weighted by atomic mass is 10.0. The van der Waals surface area contributed by atoms with Crippen LogP contribution in [0.15, 0.2) is 42.5 Å². The van der Waals surface area contributed by atoms with Gasteiger partial charge in [-0.05, 0) is 29.3 Å². The van der Waals surface area contributed by atoms with Crippen molar-refractivity contribution in [3.63, 3.8) is 0 Å². The lowest BCUT2D eigenvalue weighted by Crippen LogP contribution is -2.33. The van der Waals surface area contributed by atoms with Gasteiger partial charge in [-0.2, -0.15) is 0 Å². The summed E-state index contributed by atoms with van der Waals surface area (Å²) in [4.78, 5) is 35.8. The summed E-state index contributed by atoms with van der Waals surface area (Å²) in [7, 11) is 0. The lowest BCUT2D eigenvalue weighted by Gasteiger charge is -2.15. The Morgan fingerprint density at radius 3 is 2.59 bits per heavy atom. The zero-order chi connectivity index (χ0) is 24.4. The Kier molecular flexibility index (Phi) is 6.13. The molecule has 4 rings (SSSR count). The van der Waals surface area contributed by atoms with Crippen LogP contribution in [0.25, 0.3) is 11.1 Å². The number of rotatable bonds is 7. The van der Waals surface area contributed by atoms with E-state index in [1.54, 1.807) is 36.4 Å². The van der Waals surface area contributed by atoms with Crippen molar-refractivity contribution in [3.05, 3.63) is 59.5 Å². The highest BCUT2D eigenvalue weighted by Gasteiger charge is 2.32. The first-order chi connectivity index (χ1) is 16.2. The minimum absolute atomic E-state index is 0.0676. The number of hydrogen-bond acceptors (Lipinski definition) is 7. The van der Waals surface area contributed by atoms with Gasteiger partial charge >= 0.3 is 6.09 Å². The van der Waals surface area contributed by atoms with Crippen molar-refractivity contribution in [2.45, 2.75) is 19.6 Å². The number of nitrogens with one attached hydrogen (secondary N) is 1. The topological polar surface area (TPSA) is 158 Å². The summed E-state index contributed by atoms with van der Waals surface area (Å²) in [5, 5.41) is 10.1. The van der Waals surface area contributed by atoms with Gasteiger partial charge in [-0.25, -0.2) is 13.9 Å². The van der Waals surface area contributed by atoms with E-state index in [4.69, 9.17) is 16.2 Å². The normalized spacial score (nSPS) is 15.3. The summed E-state index contributed by atoms with van der Waals surface area (Å²) in [6, 6.07) is 11.5. The molecule has 0 bridgehead atoms. The number of ether oxygens (including phenoxy) is 1. The summed E-state index contributed by atoms with van der Waals surface area (Å²) < 4.78 is 21.5. The molecule has 5 N–H and O–H groups in total. The third-order valence-electron chi connectivity index (χ3n) is 5.32. The largest absolute Gasteiger partial charge is 0.442 e. The van der Waals surface area contributed by atoms with E-state index in [1.807, 2.05) is 0 Å². The van der Waals surface area contributed by atoms with Gasteiger partial charge in [0.15, 0.2) is 11.5 Å². The summed E-state index contributed by atoms with van der Waals surface area (Å²) in [5.41, 5.74) is 13.1. The fraction of sp³-hybridized carbons (Fsp3) is 0.227. The van der Waals surface area contributed by atoms with E-state index in [0.717, 1.165) is 5.56 Å². The number of halogens is 1. The van der Waals surface area contributed by atoms with Crippen LogP contribution in [0.4, 0.5) is 20.7 Å². The maximum absolute atomic E-state index is 14.9. The van der Waals surface area contributed by atoms with Gasteiger partial charge < -0.3 is 21.5 Å². The van der Waals surface area contributed by atoms with Crippen LogP contribution in [0.5, 0.6) is 0 Å². The van der Waals surface area contributed by atoms with E-state index in [0.29, 0.717) is 16.8 Å². The van der Waals surface area contributed by atoms with E-state index >= 15 is 0 Å². The van der Waals surface area contributed by atoms with Crippen LogP contribution in [0.2, 0.25) is 0 Å². The predicted molar refractivity (Wildman–Crippen MR) is 120 cm³/mol. The summed E-state index contributed by atoms with van der Waals surface area (Å²) in [6.45, 7) is 2.02. The molecule has 176 valence electrons. The van der Waals surface area contributed by atoms with Crippen LogP contribution < -0.4 is 21.7 Å². The number of primary amides is 1. The minimum Gasteiger partial charge on any atom is -0.442 e. The molecule has 2 aromatic carbocycles.